The van der Waals surface area contributed by atoms with Crippen molar-refractivity contribution in [3.8, 4) is 0 Å². The highest BCUT2D eigenvalue weighted by molar-refractivity contribution is 5.77. The van der Waals surface area contributed by atoms with Crippen molar-refractivity contribution < 1.29 is 9.63 Å². The third-order valence-corrected chi connectivity index (χ3v) is 3.79. The van der Waals surface area contributed by atoms with Crippen LogP contribution in [0.5, 0.6) is 0 Å². The topological polar surface area (TPSA) is 54.5 Å². The molecule has 1 radical (unpaired) electrons. The Morgan fingerprint density at radius 2 is 2.32 bits per heavy atom. The molecule has 2 rings (SSSR count). The predicted octanol–water partition coefficient (Wildman–Crippen LogP) is 1.41. The minimum absolute atomic E-state index is 0.0147. The van der Waals surface area contributed by atoms with Gasteiger partial charge in [-0.25, -0.2) is 10.5 Å². The van der Waals surface area contributed by atoms with Gasteiger partial charge < -0.3 is 4.90 Å². The van der Waals surface area contributed by atoms with Crippen molar-refractivity contribution in [2.24, 2.45) is 11.8 Å². The monoisotopic (exact) mass is 262 g/mol. The first-order valence-electron chi connectivity index (χ1n) is 6.62. The quantitative estimate of drug-likeness (QED) is 0.834. The molecule has 0 aliphatic carbocycles. The summed E-state index contributed by atoms with van der Waals surface area (Å²) < 4.78 is 0. The number of pyridine rings is 1. The maximum absolute atomic E-state index is 11.7. The number of hydrogen-bond donors (Lipinski definition) is 1. The van der Waals surface area contributed by atoms with Crippen LogP contribution in [0.3, 0.4) is 0 Å². The summed E-state index contributed by atoms with van der Waals surface area (Å²) in [6.07, 6.45) is 3.69. The van der Waals surface area contributed by atoms with Crippen LogP contribution >= 0.6 is 0 Å². The molecule has 103 valence electrons. The minimum atomic E-state index is -0.0339. The minimum Gasteiger partial charge on any atom is -0.357 e. The fourth-order valence-electron chi connectivity index (χ4n) is 2.54. The van der Waals surface area contributed by atoms with Crippen molar-refractivity contribution >= 4 is 11.7 Å². The molecule has 1 aromatic heterocycles. The molecule has 0 aromatic carbocycles. The predicted molar refractivity (Wildman–Crippen MR) is 72.3 cm³/mol. The Morgan fingerprint density at radius 3 is 2.89 bits per heavy atom. The van der Waals surface area contributed by atoms with E-state index in [-0.39, 0.29) is 11.8 Å². The van der Waals surface area contributed by atoms with Crippen LogP contribution in [0, 0.1) is 17.9 Å². The Hall–Kier alpha value is -1.62. The number of carbonyl (C=O) groups excluding carboxylic acids is 1. The molecule has 1 aliphatic rings. The van der Waals surface area contributed by atoms with Gasteiger partial charge in [0.1, 0.15) is 5.82 Å². The highest BCUT2D eigenvalue weighted by Gasteiger charge is 2.28. The Bertz CT molecular complexity index is 402. The summed E-state index contributed by atoms with van der Waals surface area (Å²) in [5.74, 6) is 1.35. The maximum Gasteiger partial charge on any atom is 0.246 e. The number of carbonyl (C=O) groups is 1. The fraction of sp³-hybridized carbons (Fsp3) is 0.571. The first kappa shape index (κ1) is 13.8. The van der Waals surface area contributed by atoms with E-state index in [4.69, 9.17) is 0 Å². The summed E-state index contributed by atoms with van der Waals surface area (Å²) in [6, 6.07) is 6.77. The zero-order valence-corrected chi connectivity index (χ0v) is 11.4. The lowest BCUT2D eigenvalue weighted by molar-refractivity contribution is -0.136. The number of hydrogen-bond acceptors (Lipinski definition) is 4. The molecule has 5 nitrogen and oxygen atoms in total. The number of anilines is 1. The lowest BCUT2D eigenvalue weighted by Gasteiger charge is -2.34. The Kier molecular flexibility index (Phi) is 4.74. The van der Waals surface area contributed by atoms with E-state index in [0.29, 0.717) is 5.92 Å². The second-order valence-corrected chi connectivity index (χ2v) is 4.90. The summed E-state index contributed by atoms with van der Waals surface area (Å²) in [7, 11) is 1.46. The molecular weight excluding hydrogens is 242 g/mol. The Morgan fingerprint density at radius 1 is 1.58 bits per heavy atom. The highest BCUT2D eigenvalue weighted by Crippen LogP contribution is 2.27. The summed E-state index contributed by atoms with van der Waals surface area (Å²) >= 11 is 0. The largest absolute Gasteiger partial charge is 0.357 e. The normalized spacial score (nSPS) is 18.1. The van der Waals surface area contributed by atoms with Gasteiger partial charge in [-0.3, -0.25) is 9.63 Å². The zero-order valence-electron chi connectivity index (χ0n) is 11.4. The van der Waals surface area contributed by atoms with E-state index in [1.54, 1.807) is 6.20 Å². The van der Waals surface area contributed by atoms with Crippen molar-refractivity contribution in [2.45, 2.75) is 19.8 Å². The van der Waals surface area contributed by atoms with Crippen LogP contribution < -0.4 is 10.4 Å². The van der Waals surface area contributed by atoms with Gasteiger partial charge >= 0.3 is 0 Å². The standard InChI is InChI=1S/C14H20N3O2/c1-11(14(18)16-19-2)12-6-9-17(10-7-12)13-5-3-4-8-15-13/h3,5,8,11-12H,6-7,9-10H2,1-2H3,(H,16,18). The molecule has 1 unspecified atom stereocenters. The molecule has 1 atom stereocenters. The van der Waals surface area contributed by atoms with E-state index < -0.39 is 0 Å². The smallest absolute Gasteiger partial charge is 0.246 e. The zero-order chi connectivity index (χ0) is 13.7. The highest BCUT2D eigenvalue weighted by atomic mass is 16.6. The summed E-state index contributed by atoms with van der Waals surface area (Å²) in [4.78, 5) is 23.0. The van der Waals surface area contributed by atoms with Gasteiger partial charge in [0, 0.05) is 31.3 Å². The van der Waals surface area contributed by atoms with Crippen LogP contribution in [-0.2, 0) is 9.63 Å². The van der Waals surface area contributed by atoms with Gasteiger partial charge in [0.05, 0.1) is 7.11 Å². The van der Waals surface area contributed by atoms with Crippen LogP contribution in [0.1, 0.15) is 19.8 Å². The van der Waals surface area contributed by atoms with Crippen LogP contribution in [0.2, 0.25) is 0 Å². The van der Waals surface area contributed by atoms with Gasteiger partial charge in [0.25, 0.3) is 0 Å². The first-order chi connectivity index (χ1) is 9.22. The van der Waals surface area contributed by atoms with Crippen molar-refractivity contribution in [2.75, 3.05) is 25.1 Å². The van der Waals surface area contributed by atoms with E-state index in [9.17, 15) is 4.79 Å². The molecule has 0 bridgehead atoms. The summed E-state index contributed by atoms with van der Waals surface area (Å²) in [5.41, 5.74) is 2.42. The number of nitrogens with zero attached hydrogens (tertiary/aromatic N) is 2. The molecule has 0 saturated carbocycles. The van der Waals surface area contributed by atoms with Crippen molar-refractivity contribution in [1.29, 1.82) is 0 Å². The van der Waals surface area contributed by atoms with Crippen LogP contribution in [-0.4, -0.2) is 31.1 Å². The molecule has 1 fully saturated rings. The third-order valence-electron chi connectivity index (χ3n) is 3.79. The van der Waals surface area contributed by atoms with Gasteiger partial charge in [0.15, 0.2) is 0 Å². The van der Waals surface area contributed by atoms with E-state index in [1.807, 2.05) is 19.1 Å². The van der Waals surface area contributed by atoms with E-state index in [0.717, 1.165) is 31.7 Å². The second kappa shape index (κ2) is 6.52. The van der Waals surface area contributed by atoms with Gasteiger partial charge in [-0.2, -0.15) is 0 Å². The SMILES string of the molecule is CONC(=O)C(C)C1CCN(c2cc[c]cn2)CC1. The average molecular weight is 262 g/mol. The fourth-order valence-corrected chi connectivity index (χ4v) is 2.54. The van der Waals surface area contributed by atoms with Gasteiger partial charge in [0.2, 0.25) is 5.91 Å². The summed E-state index contributed by atoms with van der Waals surface area (Å²) in [5, 5.41) is 0. The van der Waals surface area contributed by atoms with Crippen molar-refractivity contribution in [1.82, 2.24) is 10.5 Å². The number of rotatable bonds is 4. The molecule has 5 heteroatoms. The molecular formula is C14H20N3O2. The molecule has 19 heavy (non-hydrogen) atoms. The Balaban J connectivity index is 1.87. The number of amides is 1. The first-order valence-corrected chi connectivity index (χ1v) is 6.62. The molecule has 1 aromatic rings. The van der Waals surface area contributed by atoms with Gasteiger partial charge in [-0.15, -0.1) is 0 Å². The molecule has 2 heterocycles. The van der Waals surface area contributed by atoms with Crippen LogP contribution in [0.15, 0.2) is 18.3 Å². The van der Waals surface area contributed by atoms with Crippen LogP contribution in [0.25, 0.3) is 0 Å². The summed E-state index contributed by atoms with van der Waals surface area (Å²) in [6.45, 7) is 3.84. The molecule has 1 N–H and O–H groups in total. The molecule has 0 spiro atoms. The van der Waals surface area contributed by atoms with E-state index >= 15 is 0 Å². The second-order valence-electron chi connectivity index (χ2n) is 4.90. The number of aromatic nitrogens is 1. The van der Waals surface area contributed by atoms with E-state index in [1.165, 1.54) is 7.11 Å². The Labute approximate surface area is 113 Å². The number of nitrogens with one attached hydrogen (secondary N) is 1. The number of hydroxylamine groups is 1. The van der Waals surface area contributed by atoms with Crippen LogP contribution in [0.4, 0.5) is 5.82 Å². The maximum atomic E-state index is 11.7. The lowest BCUT2D eigenvalue weighted by atomic mass is 9.85. The lowest BCUT2D eigenvalue weighted by Crippen LogP contribution is -2.40. The molecule has 1 amide bonds. The van der Waals surface area contributed by atoms with Crippen molar-refractivity contribution in [3.63, 3.8) is 0 Å². The third kappa shape index (κ3) is 3.44. The van der Waals surface area contributed by atoms with Gasteiger partial charge in [-0.05, 0) is 30.9 Å². The average Bonchev–Trinajstić information content (AvgIpc) is 2.48. The number of piperidine rings is 1. The van der Waals surface area contributed by atoms with Gasteiger partial charge in [-0.1, -0.05) is 6.92 Å². The van der Waals surface area contributed by atoms with E-state index in [2.05, 4.69) is 26.3 Å². The van der Waals surface area contributed by atoms with Crippen molar-refractivity contribution in [3.05, 3.63) is 24.4 Å². The molecule has 1 aliphatic heterocycles. The molecule has 1 saturated heterocycles.